The molecule has 1 rings (SSSR count). The van der Waals surface area contributed by atoms with Gasteiger partial charge in [0.25, 0.3) is 0 Å². The van der Waals surface area contributed by atoms with Gasteiger partial charge in [0.15, 0.2) is 0 Å². The van der Waals surface area contributed by atoms with Gasteiger partial charge in [0.05, 0.1) is 0 Å². The Morgan fingerprint density at radius 2 is 1.95 bits per heavy atom. The van der Waals surface area contributed by atoms with Gasteiger partial charge in [-0.1, -0.05) is 20.8 Å². The van der Waals surface area contributed by atoms with Gasteiger partial charge in [-0.25, -0.2) is 9.97 Å². The van der Waals surface area contributed by atoms with Crippen LogP contribution in [0.3, 0.4) is 0 Å². The second-order valence-electron chi connectivity index (χ2n) is 5.50. The number of nitrogens with one attached hydrogen (secondary N) is 2. The molecule has 0 unspecified atom stereocenters. The lowest BCUT2D eigenvalue weighted by molar-refractivity contribution is 0.248. The maximum Gasteiger partial charge on any atom is 0.134 e. The van der Waals surface area contributed by atoms with Crippen LogP contribution in [-0.4, -0.2) is 35.3 Å². The molecule has 1 aromatic rings. The molecule has 0 bridgehead atoms. The first kappa shape index (κ1) is 15.7. The third-order valence-corrected chi connectivity index (χ3v) is 3.28. The van der Waals surface area contributed by atoms with Crippen LogP contribution in [0.1, 0.15) is 39.2 Å². The summed E-state index contributed by atoms with van der Waals surface area (Å²) in [7, 11) is 1.87. The maximum atomic E-state index is 8.92. The standard InChI is InChI=1S/C14H26N4O/c1-5-11-12(15-4)17-10-18-13(11)16-9-14(2,3)7-6-8-19/h10,19H,5-9H2,1-4H3,(H2,15,16,17,18). The number of hydrogen-bond donors (Lipinski definition) is 3. The van der Waals surface area contributed by atoms with Gasteiger partial charge in [0.2, 0.25) is 0 Å². The van der Waals surface area contributed by atoms with E-state index in [1.807, 2.05) is 7.05 Å². The highest BCUT2D eigenvalue weighted by Gasteiger charge is 2.18. The lowest BCUT2D eigenvalue weighted by atomic mass is 9.88. The molecule has 0 aliphatic heterocycles. The fourth-order valence-electron chi connectivity index (χ4n) is 2.08. The Balaban J connectivity index is 2.72. The smallest absolute Gasteiger partial charge is 0.134 e. The summed E-state index contributed by atoms with van der Waals surface area (Å²) in [6, 6.07) is 0. The van der Waals surface area contributed by atoms with Gasteiger partial charge in [-0.05, 0) is 24.7 Å². The Bertz CT molecular complexity index is 393. The molecular formula is C14H26N4O. The van der Waals surface area contributed by atoms with Crippen LogP contribution in [0.4, 0.5) is 11.6 Å². The third-order valence-electron chi connectivity index (χ3n) is 3.28. The van der Waals surface area contributed by atoms with Crippen molar-refractivity contribution in [3.05, 3.63) is 11.9 Å². The summed E-state index contributed by atoms with van der Waals surface area (Å²) in [5.74, 6) is 1.78. The van der Waals surface area contributed by atoms with E-state index >= 15 is 0 Å². The fourth-order valence-corrected chi connectivity index (χ4v) is 2.08. The van der Waals surface area contributed by atoms with Crippen molar-refractivity contribution in [1.82, 2.24) is 9.97 Å². The van der Waals surface area contributed by atoms with E-state index in [1.165, 1.54) is 0 Å². The Kier molecular flexibility index (Phi) is 6.02. The molecule has 0 spiro atoms. The summed E-state index contributed by atoms with van der Waals surface area (Å²) in [6.07, 6.45) is 4.28. The van der Waals surface area contributed by atoms with Crippen LogP contribution in [0.5, 0.6) is 0 Å². The van der Waals surface area contributed by atoms with Gasteiger partial charge in [-0.2, -0.15) is 0 Å². The largest absolute Gasteiger partial charge is 0.396 e. The van der Waals surface area contributed by atoms with Gasteiger partial charge < -0.3 is 15.7 Å². The van der Waals surface area contributed by atoms with Crippen LogP contribution in [0.2, 0.25) is 0 Å². The van der Waals surface area contributed by atoms with Crippen molar-refractivity contribution in [2.45, 2.75) is 40.0 Å². The maximum absolute atomic E-state index is 8.92. The van der Waals surface area contributed by atoms with Gasteiger partial charge in [-0.3, -0.25) is 0 Å². The van der Waals surface area contributed by atoms with Gasteiger partial charge >= 0.3 is 0 Å². The highest BCUT2D eigenvalue weighted by atomic mass is 16.2. The number of aliphatic hydroxyl groups excluding tert-OH is 1. The number of anilines is 2. The van der Waals surface area contributed by atoms with Crippen molar-refractivity contribution < 1.29 is 5.11 Å². The minimum atomic E-state index is 0.137. The quantitative estimate of drug-likeness (QED) is 0.673. The monoisotopic (exact) mass is 266 g/mol. The Morgan fingerprint density at radius 3 is 2.53 bits per heavy atom. The lowest BCUT2D eigenvalue weighted by Crippen LogP contribution is -2.24. The summed E-state index contributed by atoms with van der Waals surface area (Å²) < 4.78 is 0. The van der Waals surface area contributed by atoms with Crippen LogP contribution >= 0.6 is 0 Å². The number of hydrogen-bond acceptors (Lipinski definition) is 5. The predicted octanol–water partition coefficient (Wildman–Crippen LogP) is 2.29. The predicted molar refractivity (Wildman–Crippen MR) is 79.5 cm³/mol. The molecule has 0 aliphatic rings. The Hall–Kier alpha value is -1.36. The van der Waals surface area contributed by atoms with E-state index in [0.29, 0.717) is 0 Å². The van der Waals surface area contributed by atoms with E-state index in [9.17, 15) is 0 Å². The zero-order valence-corrected chi connectivity index (χ0v) is 12.5. The van der Waals surface area contributed by atoms with Crippen LogP contribution in [-0.2, 0) is 6.42 Å². The first-order valence-electron chi connectivity index (χ1n) is 6.90. The summed E-state index contributed by atoms with van der Waals surface area (Å²) in [5.41, 5.74) is 1.25. The van der Waals surface area contributed by atoms with E-state index in [4.69, 9.17) is 5.11 Å². The zero-order valence-electron chi connectivity index (χ0n) is 12.5. The fraction of sp³-hybridized carbons (Fsp3) is 0.714. The van der Waals surface area contributed by atoms with Crippen LogP contribution in [0.15, 0.2) is 6.33 Å². The van der Waals surface area contributed by atoms with E-state index in [1.54, 1.807) is 6.33 Å². The lowest BCUT2D eigenvalue weighted by Gasteiger charge is -2.25. The number of aromatic nitrogens is 2. The average Bonchev–Trinajstić information content (AvgIpc) is 2.42. The van der Waals surface area contributed by atoms with Crippen LogP contribution < -0.4 is 10.6 Å². The minimum Gasteiger partial charge on any atom is -0.396 e. The Labute approximate surface area is 115 Å². The SMILES string of the molecule is CCc1c(NC)ncnc1NCC(C)(C)CCCO. The van der Waals surface area contributed by atoms with E-state index in [-0.39, 0.29) is 12.0 Å². The van der Waals surface area contributed by atoms with Crippen molar-refractivity contribution in [2.75, 3.05) is 30.8 Å². The molecular weight excluding hydrogens is 240 g/mol. The molecule has 108 valence electrons. The number of rotatable bonds is 8. The molecule has 0 radical (unpaired) electrons. The second kappa shape index (κ2) is 7.28. The van der Waals surface area contributed by atoms with Gasteiger partial charge in [0.1, 0.15) is 18.0 Å². The zero-order chi connectivity index (χ0) is 14.3. The van der Waals surface area contributed by atoms with Crippen molar-refractivity contribution in [3.8, 4) is 0 Å². The molecule has 5 nitrogen and oxygen atoms in total. The molecule has 3 N–H and O–H groups in total. The molecule has 0 fully saturated rings. The molecule has 0 atom stereocenters. The van der Waals surface area contributed by atoms with Crippen molar-refractivity contribution in [2.24, 2.45) is 5.41 Å². The first-order chi connectivity index (χ1) is 9.04. The molecule has 5 heteroatoms. The van der Waals surface area contributed by atoms with Gasteiger partial charge in [-0.15, -0.1) is 0 Å². The van der Waals surface area contributed by atoms with Crippen molar-refractivity contribution in [3.63, 3.8) is 0 Å². The van der Waals surface area contributed by atoms with E-state index in [0.717, 1.165) is 43.0 Å². The molecule has 0 aliphatic carbocycles. The molecule has 0 saturated carbocycles. The Morgan fingerprint density at radius 1 is 1.26 bits per heavy atom. The van der Waals surface area contributed by atoms with Crippen molar-refractivity contribution >= 4 is 11.6 Å². The summed E-state index contributed by atoms with van der Waals surface area (Å²) in [4.78, 5) is 8.56. The summed E-state index contributed by atoms with van der Waals surface area (Å²) >= 11 is 0. The van der Waals surface area contributed by atoms with Crippen LogP contribution in [0, 0.1) is 5.41 Å². The molecule has 0 aromatic carbocycles. The second-order valence-corrected chi connectivity index (χ2v) is 5.50. The molecule has 1 aromatic heterocycles. The minimum absolute atomic E-state index is 0.137. The van der Waals surface area contributed by atoms with E-state index < -0.39 is 0 Å². The van der Waals surface area contributed by atoms with Crippen LogP contribution in [0.25, 0.3) is 0 Å². The highest BCUT2D eigenvalue weighted by molar-refractivity contribution is 5.57. The molecule has 19 heavy (non-hydrogen) atoms. The summed E-state index contributed by atoms with van der Waals surface area (Å²) in [6.45, 7) is 7.58. The molecule has 0 saturated heterocycles. The van der Waals surface area contributed by atoms with Crippen molar-refractivity contribution in [1.29, 1.82) is 0 Å². The molecule has 1 heterocycles. The van der Waals surface area contributed by atoms with E-state index in [2.05, 4.69) is 41.4 Å². The summed E-state index contributed by atoms with van der Waals surface area (Å²) in [5, 5.41) is 15.4. The number of aliphatic hydroxyl groups is 1. The average molecular weight is 266 g/mol. The van der Waals surface area contributed by atoms with Gasteiger partial charge in [0, 0.05) is 25.8 Å². The highest BCUT2D eigenvalue weighted by Crippen LogP contribution is 2.25. The topological polar surface area (TPSA) is 70.1 Å². The first-order valence-corrected chi connectivity index (χ1v) is 6.90. The number of nitrogens with zero attached hydrogens (tertiary/aromatic N) is 2. The normalized spacial score (nSPS) is 11.4. The third kappa shape index (κ3) is 4.67. The molecule has 0 amide bonds.